The Bertz CT molecular complexity index is 1130. The van der Waals surface area contributed by atoms with Gasteiger partial charge < -0.3 is 24.6 Å². The SMILES string of the molecule is COc1cccc(C(=O)N2C(C(=O)NCCN(C)C)COC23CCN(C(=O)c2ccc(Cl)cc2)CC3)c1. The number of methoxy groups -OCH3 is 1. The summed E-state index contributed by atoms with van der Waals surface area (Å²) >= 11 is 5.96. The van der Waals surface area contributed by atoms with Crippen molar-refractivity contribution >= 4 is 29.3 Å². The normalized spacial score (nSPS) is 18.8. The maximum absolute atomic E-state index is 13.9. The molecule has 0 aromatic heterocycles. The molecule has 2 saturated heterocycles. The van der Waals surface area contributed by atoms with Gasteiger partial charge >= 0.3 is 0 Å². The Kier molecular flexibility index (Phi) is 8.36. The molecular weight excluding hydrogens is 496 g/mol. The van der Waals surface area contributed by atoms with Crippen LogP contribution in [0.1, 0.15) is 33.6 Å². The quantitative estimate of drug-likeness (QED) is 0.594. The predicted octanol–water partition coefficient (Wildman–Crippen LogP) is 2.50. The van der Waals surface area contributed by atoms with E-state index in [1.54, 1.807) is 65.4 Å². The number of carbonyl (C=O) groups excluding carboxylic acids is 3. The van der Waals surface area contributed by atoms with Gasteiger partial charge in [-0.05, 0) is 56.6 Å². The van der Waals surface area contributed by atoms with Crippen LogP contribution in [0.3, 0.4) is 0 Å². The van der Waals surface area contributed by atoms with E-state index in [0.29, 0.717) is 60.9 Å². The highest BCUT2D eigenvalue weighted by Gasteiger charge is 2.54. The molecule has 0 aliphatic carbocycles. The Balaban J connectivity index is 1.55. The number of carbonyl (C=O) groups is 3. The van der Waals surface area contributed by atoms with E-state index in [2.05, 4.69) is 5.32 Å². The predicted molar refractivity (Wildman–Crippen MR) is 140 cm³/mol. The number of hydrogen-bond acceptors (Lipinski definition) is 6. The molecular formula is C27H33ClN4O5. The van der Waals surface area contributed by atoms with Crippen LogP contribution < -0.4 is 10.1 Å². The fourth-order valence-electron chi connectivity index (χ4n) is 4.82. The molecule has 37 heavy (non-hydrogen) atoms. The van der Waals surface area contributed by atoms with Crippen LogP contribution in [0.5, 0.6) is 5.75 Å². The van der Waals surface area contributed by atoms with Crippen LogP contribution in [0.15, 0.2) is 48.5 Å². The summed E-state index contributed by atoms with van der Waals surface area (Å²) in [6.45, 7) is 2.00. The first-order valence-corrected chi connectivity index (χ1v) is 12.7. The molecule has 2 aliphatic heterocycles. The van der Waals surface area contributed by atoms with Gasteiger partial charge in [-0.15, -0.1) is 0 Å². The zero-order chi connectivity index (χ0) is 26.6. The molecule has 198 valence electrons. The summed E-state index contributed by atoms with van der Waals surface area (Å²) < 4.78 is 11.6. The number of nitrogens with zero attached hydrogens (tertiary/aromatic N) is 3. The average molecular weight is 529 g/mol. The number of piperidine rings is 1. The van der Waals surface area contributed by atoms with Crippen LogP contribution in [0.2, 0.25) is 5.02 Å². The lowest BCUT2D eigenvalue weighted by molar-refractivity contribution is -0.128. The third-order valence-electron chi connectivity index (χ3n) is 6.88. The summed E-state index contributed by atoms with van der Waals surface area (Å²) in [7, 11) is 5.40. The van der Waals surface area contributed by atoms with Crippen LogP contribution in [0, 0.1) is 0 Å². The van der Waals surface area contributed by atoms with E-state index < -0.39 is 11.8 Å². The van der Waals surface area contributed by atoms with E-state index >= 15 is 0 Å². The lowest BCUT2D eigenvalue weighted by Crippen LogP contribution is -2.60. The molecule has 2 aromatic rings. The van der Waals surface area contributed by atoms with Gasteiger partial charge in [0.25, 0.3) is 11.8 Å². The van der Waals surface area contributed by atoms with Gasteiger partial charge in [-0.25, -0.2) is 0 Å². The van der Waals surface area contributed by atoms with Crippen molar-refractivity contribution in [1.82, 2.24) is 20.0 Å². The minimum atomic E-state index is -0.986. The number of hydrogen-bond donors (Lipinski definition) is 1. The van der Waals surface area contributed by atoms with E-state index in [9.17, 15) is 14.4 Å². The molecule has 2 aromatic carbocycles. The molecule has 9 nitrogen and oxygen atoms in total. The highest BCUT2D eigenvalue weighted by Crippen LogP contribution is 2.39. The highest BCUT2D eigenvalue weighted by atomic mass is 35.5. The van der Waals surface area contributed by atoms with Gasteiger partial charge in [0.2, 0.25) is 5.91 Å². The number of amides is 3. The Hall–Kier alpha value is -3.14. The standard InChI is InChI=1S/C27H33ClN4O5/c1-30(2)16-13-29-24(33)23-18-37-27(32(23)26(35)20-5-4-6-22(17-20)36-3)11-14-31(15-12-27)25(34)19-7-9-21(28)10-8-19/h4-10,17,23H,11-16,18H2,1-3H3,(H,29,33). The van der Waals surface area contributed by atoms with Gasteiger partial charge in [-0.1, -0.05) is 17.7 Å². The second-order valence-electron chi connectivity index (χ2n) is 9.57. The van der Waals surface area contributed by atoms with Crippen LogP contribution in [0.4, 0.5) is 0 Å². The Morgan fingerprint density at radius 2 is 1.78 bits per heavy atom. The number of ether oxygens (including phenoxy) is 2. The van der Waals surface area contributed by atoms with Crippen molar-refractivity contribution in [3.05, 3.63) is 64.7 Å². The van der Waals surface area contributed by atoms with Crippen molar-refractivity contribution in [2.24, 2.45) is 0 Å². The topological polar surface area (TPSA) is 91.4 Å². The van der Waals surface area contributed by atoms with E-state index in [1.807, 2.05) is 19.0 Å². The van der Waals surface area contributed by atoms with Crippen molar-refractivity contribution in [3.8, 4) is 5.75 Å². The first kappa shape index (κ1) is 26.9. The Morgan fingerprint density at radius 3 is 2.43 bits per heavy atom. The number of halogens is 1. The summed E-state index contributed by atoms with van der Waals surface area (Å²) in [6.07, 6.45) is 0.785. The zero-order valence-electron chi connectivity index (χ0n) is 21.4. The summed E-state index contributed by atoms with van der Waals surface area (Å²) in [5.41, 5.74) is -0.0225. The largest absolute Gasteiger partial charge is 0.497 e. The summed E-state index contributed by atoms with van der Waals surface area (Å²) in [5, 5.41) is 3.50. The first-order valence-electron chi connectivity index (χ1n) is 12.3. The van der Waals surface area contributed by atoms with Gasteiger partial charge in [-0.3, -0.25) is 19.3 Å². The van der Waals surface area contributed by atoms with E-state index in [1.165, 1.54) is 0 Å². The third kappa shape index (κ3) is 5.89. The molecule has 1 spiro atoms. The molecule has 1 atom stereocenters. The Morgan fingerprint density at radius 1 is 1.08 bits per heavy atom. The van der Waals surface area contributed by atoms with Crippen molar-refractivity contribution in [2.75, 3.05) is 54.0 Å². The highest BCUT2D eigenvalue weighted by molar-refractivity contribution is 6.30. The fraction of sp³-hybridized carbons (Fsp3) is 0.444. The molecule has 4 rings (SSSR count). The number of likely N-dealkylation sites (tertiary alicyclic amines) is 1. The van der Waals surface area contributed by atoms with E-state index in [4.69, 9.17) is 21.1 Å². The molecule has 2 fully saturated rings. The van der Waals surface area contributed by atoms with E-state index in [-0.39, 0.29) is 24.3 Å². The number of rotatable bonds is 7. The molecule has 0 bridgehead atoms. The maximum atomic E-state index is 13.9. The molecule has 10 heteroatoms. The van der Waals surface area contributed by atoms with Gasteiger partial charge in [0.1, 0.15) is 17.5 Å². The fourth-order valence-corrected chi connectivity index (χ4v) is 4.94. The average Bonchev–Trinajstić information content (AvgIpc) is 3.27. The van der Waals surface area contributed by atoms with Crippen molar-refractivity contribution < 1.29 is 23.9 Å². The van der Waals surface area contributed by atoms with E-state index in [0.717, 1.165) is 0 Å². The second kappa shape index (κ2) is 11.5. The molecule has 2 heterocycles. The van der Waals surface area contributed by atoms with Crippen LogP contribution in [0.25, 0.3) is 0 Å². The maximum Gasteiger partial charge on any atom is 0.257 e. The molecule has 1 N–H and O–H groups in total. The van der Waals surface area contributed by atoms with Crippen LogP contribution >= 0.6 is 11.6 Å². The zero-order valence-corrected chi connectivity index (χ0v) is 22.2. The number of benzene rings is 2. The molecule has 0 saturated carbocycles. The minimum absolute atomic E-state index is 0.0919. The van der Waals surface area contributed by atoms with Crippen LogP contribution in [-0.4, -0.2) is 98.2 Å². The molecule has 0 radical (unpaired) electrons. The summed E-state index contributed by atoms with van der Waals surface area (Å²) in [4.78, 5) is 45.4. The molecule has 1 unspecified atom stereocenters. The Labute approximate surface area is 222 Å². The lowest BCUT2D eigenvalue weighted by atomic mass is 9.96. The van der Waals surface area contributed by atoms with Crippen molar-refractivity contribution in [2.45, 2.75) is 24.6 Å². The third-order valence-corrected chi connectivity index (χ3v) is 7.13. The van der Waals surface area contributed by atoms with Gasteiger partial charge in [0.05, 0.1) is 13.7 Å². The van der Waals surface area contributed by atoms with Gasteiger partial charge in [0, 0.05) is 55.2 Å². The summed E-state index contributed by atoms with van der Waals surface area (Å²) in [5.74, 6) is -0.111. The lowest BCUT2D eigenvalue weighted by Gasteiger charge is -2.44. The smallest absolute Gasteiger partial charge is 0.257 e. The minimum Gasteiger partial charge on any atom is -0.497 e. The van der Waals surface area contributed by atoms with Gasteiger partial charge in [0.15, 0.2) is 0 Å². The number of likely N-dealkylation sites (N-methyl/N-ethyl adjacent to an activating group) is 1. The second-order valence-corrected chi connectivity index (χ2v) is 10.0. The first-order chi connectivity index (χ1) is 17.7. The summed E-state index contributed by atoms with van der Waals surface area (Å²) in [6, 6.07) is 12.9. The molecule has 2 aliphatic rings. The van der Waals surface area contributed by atoms with Crippen molar-refractivity contribution in [1.29, 1.82) is 0 Å². The molecule has 3 amide bonds. The monoisotopic (exact) mass is 528 g/mol. The van der Waals surface area contributed by atoms with Crippen molar-refractivity contribution in [3.63, 3.8) is 0 Å². The van der Waals surface area contributed by atoms with Gasteiger partial charge in [-0.2, -0.15) is 0 Å². The van der Waals surface area contributed by atoms with Crippen LogP contribution in [-0.2, 0) is 9.53 Å². The number of nitrogens with one attached hydrogen (secondary N) is 1.